The van der Waals surface area contributed by atoms with Gasteiger partial charge in [-0.3, -0.25) is 20.3 Å². The first-order valence-electron chi connectivity index (χ1n) is 8.40. The van der Waals surface area contributed by atoms with Gasteiger partial charge >= 0.3 is 0 Å². The third kappa shape index (κ3) is 5.51. The van der Waals surface area contributed by atoms with E-state index in [4.69, 9.17) is 4.74 Å². The summed E-state index contributed by atoms with van der Waals surface area (Å²) < 4.78 is 30.2. The molecule has 0 unspecified atom stereocenters. The fraction of sp³-hybridized carbons (Fsp3) is 0.278. The first-order valence-corrected chi connectivity index (χ1v) is 9.88. The number of aryl methyl sites for hydroxylation is 1. The molecule has 0 saturated heterocycles. The van der Waals surface area contributed by atoms with E-state index in [1.54, 1.807) is 12.1 Å². The maximum absolute atomic E-state index is 12.3. The van der Waals surface area contributed by atoms with E-state index >= 15 is 0 Å². The monoisotopic (exact) mass is 407 g/mol. The van der Waals surface area contributed by atoms with Crippen molar-refractivity contribution in [3.05, 3.63) is 63.7 Å². The maximum Gasteiger partial charge on any atom is 0.273 e. The van der Waals surface area contributed by atoms with Gasteiger partial charge in [0.05, 0.1) is 16.4 Å². The normalized spacial score (nSPS) is 11.3. The molecule has 2 N–H and O–H groups in total. The summed E-state index contributed by atoms with van der Waals surface area (Å²) in [4.78, 5) is 24.2. The molecule has 2 aromatic carbocycles. The molecule has 0 spiro atoms. The van der Waals surface area contributed by atoms with Gasteiger partial charge in [0.25, 0.3) is 21.6 Å². The van der Waals surface area contributed by atoms with Crippen LogP contribution in [0.5, 0.6) is 5.75 Å². The Hall–Kier alpha value is -2.98. The van der Waals surface area contributed by atoms with Crippen LogP contribution in [0.25, 0.3) is 0 Å². The molecule has 0 aliphatic heterocycles. The van der Waals surface area contributed by atoms with Gasteiger partial charge in [-0.15, -0.1) is 4.83 Å². The highest BCUT2D eigenvalue weighted by Crippen LogP contribution is 2.22. The first-order chi connectivity index (χ1) is 13.1. The fourth-order valence-electron chi connectivity index (χ4n) is 2.19. The van der Waals surface area contributed by atoms with Crippen LogP contribution in [0.3, 0.4) is 0 Å². The summed E-state index contributed by atoms with van der Waals surface area (Å²) >= 11 is 0. The standard InChI is InChI=1S/C18H21N3O6S/c1-12(2)11-27-15-6-4-5-14(9-15)18(22)19-20-28(25,26)16-8-7-13(3)17(10-16)21(23)24/h4-10,12,20H,11H2,1-3H3,(H,19,22). The molecule has 0 saturated carbocycles. The van der Waals surface area contributed by atoms with Crippen molar-refractivity contribution in [2.45, 2.75) is 25.7 Å². The lowest BCUT2D eigenvalue weighted by atomic mass is 10.2. The van der Waals surface area contributed by atoms with Crippen LogP contribution in [-0.2, 0) is 10.0 Å². The van der Waals surface area contributed by atoms with E-state index in [1.165, 1.54) is 31.2 Å². The lowest BCUT2D eigenvalue weighted by molar-refractivity contribution is -0.385. The Morgan fingerprint density at radius 1 is 1.21 bits per heavy atom. The molecule has 0 aliphatic rings. The van der Waals surface area contributed by atoms with Crippen molar-refractivity contribution in [2.24, 2.45) is 5.92 Å². The molecule has 0 fully saturated rings. The molecule has 28 heavy (non-hydrogen) atoms. The number of nitrogens with one attached hydrogen (secondary N) is 2. The van der Waals surface area contributed by atoms with Crippen LogP contribution in [-0.4, -0.2) is 25.9 Å². The van der Waals surface area contributed by atoms with Crippen molar-refractivity contribution in [2.75, 3.05) is 6.61 Å². The molecular formula is C18H21N3O6S. The zero-order valence-corrected chi connectivity index (χ0v) is 16.4. The van der Waals surface area contributed by atoms with Crippen molar-refractivity contribution in [3.8, 4) is 5.75 Å². The second-order valence-electron chi connectivity index (χ2n) is 6.50. The Bertz CT molecular complexity index is 989. The minimum absolute atomic E-state index is 0.193. The molecular weight excluding hydrogens is 386 g/mol. The molecule has 0 aromatic heterocycles. The van der Waals surface area contributed by atoms with Crippen molar-refractivity contribution in [3.63, 3.8) is 0 Å². The second-order valence-corrected chi connectivity index (χ2v) is 8.18. The molecule has 1 amide bonds. The number of nitro benzene ring substituents is 1. The summed E-state index contributed by atoms with van der Waals surface area (Å²) in [6.45, 7) is 5.95. The number of hydrogen-bond acceptors (Lipinski definition) is 6. The van der Waals surface area contributed by atoms with Gasteiger partial charge in [-0.1, -0.05) is 26.0 Å². The Labute approximate surface area is 162 Å². The van der Waals surface area contributed by atoms with Crippen LogP contribution in [0.15, 0.2) is 47.4 Å². The zero-order valence-electron chi connectivity index (χ0n) is 15.6. The van der Waals surface area contributed by atoms with Gasteiger partial charge in [-0.2, -0.15) is 0 Å². The van der Waals surface area contributed by atoms with Crippen molar-refractivity contribution in [1.29, 1.82) is 0 Å². The minimum Gasteiger partial charge on any atom is -0.493 e. The molecule has 0 atom stereocenters. The van der Waals surface area contributed by atoms with E-state index in [0.29, 0.717) is 23.8 Å². The molecule has 150 valence electrons. The molecule has 2 rings (SSSR count). The van der Waals surface area contributed by atoms with Crippen LogP contribution >= 0.6 is 0 Å². The Morgan fingerprint density at radius 2 is 1.93 bits per heavy atom. The topological polar surface area (TPSA) is 128 Å². The number of hydrazine groups is 1. The van der Waals surface area contributed by atoms with Gasteiger partial charge < -0.3 is 4.74 Å². The van der Waals surface area contributed by atoms with E-state index in [9.17, 15) is 23.3 Å². The summed E-state index contributed by atoms with van der Waals surface area (Å²) in [5.74, 6) is 0.0985. The SMILES string of the molecule is Cc1ccc(S(=O)(=O)NNC(=O)c2cccc(OCC(C)C)c2)cc1[N+](=O)[O-]. The average Bonchev–Trinajstić information content (AvgIpc) is 2.64. The number of carbonyl (C=O) groups excluding carboxylic acids is 1. The number of rotatable bonds is 8. The number of ether oxygens (including phenoxy) is 1. The van der Waals surface area contributed by atoms with E-state index in [0.717, 1.165) is 6.07 Å². The Balaban J connectivity index is 2.10. The number of nitrogens with zero attached hydrogens (tertiary/aromatic N) is 1. The second kappa shape index (κ2) is 8.81. The number of sulfonamides is 1. The van der Waals surface area contributed by atoms with Gasteiger partial charge in [-0.05, 0) is 37.1 Å². The maximum atomic E-state index is 12.3. The molecule has 9 nitrogen and oxygen atoms in total. The van der Waals surface area contributed by atoms with E-state index < -0.39 is 20.9 Å². The quantitative estimate of drug-likeness (QED) is 0.511. The highest BCUT2D eigenvalue weighted by Gasteiger charge is 2.20. The van der Waals surface area contributed by atoms with E-state index in [1.807, 2.05) is 18.7 Å². The largest absolute Gasteiger partial charge is 0.493 e. The Kier molecular flexibility index (Phi) is 6.71. The number of amides is 1. The molecule has 0 heterocycles. The molecule has 10 heteroatoms. The van der Waals surface area contributed by atoms with Crippen LogP contribution < -0.4 is 15.0 Å². The lowest BCUT2D eigenvalue weighted by Gasteiger charge is -2.11. The van der Waals surface area contributed by atoms with Crippen molar-refractivity contribution >= 4 is 21.6 Å². The zero-order chi connectivity index (χ0) is 20.9. The summed E-state index contributed by atoms with van der Waals surface area (Å²) in [6.07, 6.45) is 0. The minimum atomic E-state index is -4.19. The lowest BCUT2D eigenvalue weighted by Crippen LogP contribution is -2.41. The van der Waals surface area contributed by atoms with Gasteiger partial charge in [0.2, 0.25) is 0 Å². The van der Waals surface area contributed by atoms with E-state index in [2.05, 4.69) is 5.43 Å². The summed E-state index contributed by atoms with van der Waals surface area (Å²) in [5.41, 5.74) is 2.28. The summed E-state index contributed by atoms with van der Waals surface area (Å²) in [6, 6.07) is 9.77. The summed E-state index contributed by atoms with van der Waals surface area (Å²) in [5, 5.41) is 11.0. The number of hydrogen-bond donors (Lipinski definition) is 2. The highest BCUT2D eigenvalue weighted by atomic mass is 32.2. The van der Waals surface area contributed by atoms with Crippen molar-refractivity contribution in [1.82, 2.24) is 10.3 Å². The number of benzene rings is 2. The van der Waals surface area contributed by atoms with Gasteiger partial charge in [0, 0.05) is 17.2 Å². The van der Waals surface area contributed by atoms with Gasteiger partial charge in [0.1, 0.15) is 5.75 Å². The van der Waals surface area contributed by atoms with Crippen LogP contribution in [0.1, 0.15) is 29.8 Å². The van der Waals surface area contributed by atoms with Crippen LogP contribution in [0, 0.1) is 23.0 Å². The number of nitro groups is 1. The molecule has 0 radical (unpaired) electrons. The Morgan fingerprint density at radius 3 is 2.57 bits per heavy atom. The smallest absolute Gasteiger partial charge is 0.273 e. The average molecular weight is 407 g/mol. The van der Waals surface area contributed by atoms with Gasteiger partial charge in [-0.25, -0.2) is 8.42 Å². The number of carbonyl (C=O) groups is 1. The summed E-state index contributed by atoms with van der Waals surface area (Å²) in [7, 11) is -4.19. The van der Waals surface area contributed by atoms with E-state index in [-0.39, 0.29) is 16.1 Å². The van der Waals surface area contributed by atoms with Crippen LogP contribution in [0.4, 0.5) is 5.69 Å². The van der Waals surface area contributed by atoms with Gasteiger partial charge in [0.15, 0.2) is 0 Å². The van der Waals surface area contributed by atoms with Crippen molar-refractivity contribution < 1.29 is 22.9 Å². The predicted molar refractivity (Wildman–Crippen MR) is 102 cm³/mol. The fourth-order valence-corrected chi connectivity index (χ4v) is 3.05. The van der Waals surface area contributed by atoms with Crippen LogP contribution in [0.2, 0.25) is 0 Å². The molecule has 0 aliphatic carbocycles. The highest BCUT2D eigenvalue weighted by molar-refractivity contribution is 7.89. The first kappa shape index (κ1) is 21.3. The molecule has 0 bridgehead atoms. The predicted octanol–water partition coefficient (Wildman–Crippen LogP) is 2.56. The third-order valence-corrected chi connectivity index (χ3v) is 4.91. The molecule has 2 aromatic rings. The third-order valence-electron chi connectivity index (χ3n) is 3.67.